The SMILES string of the molecule is CNC[C@H](CCCCO)c1ccc2c(c1)CC[C@H](CCSC(C)C)C2. The van der Waals surface area contributed by atoms with Crippen LogP contribution in [0.2, 0.25) is 0 Å². The molecule has 1 aromatic rings. The van der Waals surface area contributed by atoms with Crippen LogP contribution in [0, 0.1) is 5.92 Å². The monoisotopic (exact) mass is 363 g/mol. The molecule has 0 aliphatic heterocycles. The minimum absolute atomic E-state index is 0.312. The first-order valence-electron chi connectivity index (χ1n) is 10.1. The van der Waals surface area contributed by atoms with Crippen molar-refractivity contribution in [2.45, 2.75) is 70.0 Å². The molecular weight excluding hydrogens is 326 g/mol. The van der Waals surface area contributed by atoms with Crippen molar-refractivity contribution in [3.63, 3.8) is 0 Å². The lowest BCUT2D eigenvalue weighted by Gasteiger charge is -2.26. The molecule has 2 rings (SSSR count). The Labute approximate surface area is 159 Å². The van der Waals surface area contributed by atoms with Gasteiger partial charge in [0, 0.05) is 13.2 Å². The van der Waals surface area contributed by atoms with Gasteiger partial charge in [-0.05, 0) is 85.1 Å². The Balaban J connectivity index is 1.95. The van der Waals surface area contributed by atoms with Crippen LogP contribution in [0.5, 0.6) is 0 Å². The first-order valence-corrected chi connectivity index (χ1v) is 11.2. The van der Waals surface area contributed by atoms with Gasteiger partial charge in [-0.1, -0.05) is 38.5 Å². The molecule has 25 heavy (non-hydrogen) atoms. The molecule has 0 bridgehead atoms. The van der Waals surface area contributed by atoms with E-state index in [0.29, 0.717) is 12.5 Å². The number of fused-ring (bicyclic) bond motifs is 1. The van der Waals surface area contributed by atoms with E-state index >= 15 is 0 Å². The van der Waals surface area contributed by atoms with Crippen molar-refractivity contribution in [1.29, 1.82) is 0 Å². The second kappa shape index (κ2) is 11.3. The van der Waals surface area contributed by atoms with Crippen LogP contribution in [0.15, 0.2) is 18.2 Å². The molecule has 142 valence electrons. The summed E-state index contributed by atoms with van der Waals surface area (Å²) in [5.41, 5.74) is 4.67. The number of benzene rings is 1. The summed E-state index contributed by atoms with van der Waals surface area (Å²) in [6.45, 7) is 5.93. The average Bonchev–Trinajstić information content (AvgIpc) is 2.60. The third-order valence-electron chi connectivity index (χ3n) is 5.42. The number of unbranched alkanes of at least 4 members (excludes halogenated alkanes) is 1. The molecule has 3 heteroatoms. The third-order valence-corrected chi connectivity index (χ3v) is 6.56. The average molecular weight is 364 g/mol. The number of rotatable bonds is 11. The number of hydrogen-bond donors (Lipinski definition) is 2. The van der Waals surface area contributed by atoms with E-state index in [9.17, 15) is 0 Å². The van der Waals surface area contributed by atoms with Crippen LogP contribution < -0.4 is 5.32 Å². The number of aliphatic hydroxyl groups excluding tert-OH is 1. The van der Waals surface area contributed by atoms with E-state index in [4.69, 9.17) is 5.11 Å². The number of aryl methyl sites for hydroxylation is 1. The zero-order chi connectivity index (χ0) is 18.1. The summed E-state index contributed by atoms with van der Waals surface area (Å²) >= 11 is 2.10. The number of nitrogens with one attached hydrogen (secondary N) is 1. The summed E-state index contributed by atoms with van der Waals surface area (Å²) in [4.78, 5) is 0. The zero-order valence-corrected chi connectivity index (χ0v) is 17.2. The smallest absolute Gasteiger partial charge is 0.0431 e. The molecule has 0 fully saturated rings. The van der Waals surface area contributed by atoms with Gasteiger partial charge in [0.1, 0.15) is 0 Å². The number of likely N-dealkylation sites (N-methyl/N-ethyl adjacent to an activating group) is 1. The summed E-state index contributed by atoms with van der Waals surface area (Å²) in [6.07, 6.45) is 8.44. The van der Waals surface area contributed by atoms with Crippen molar-refractivity contribution in [3.05, 3.63) is 34.9 Å². The minimum Gasteiger partial charge on any atom is -0.396 e. The number of aliphatic hydroxyl groups is 1. The summed E-state index contributed by atoms with van der Waals surface area (Å²) in [5.74, 6) is 2.76. The van der Waals surface area contributed by atoms with Gasteiger partial charge in [-0.25, -0.2) is 0 Å². The van der Waals surface area contributed by atoms with Gasteiger partial charge >= 0.3 is 0 Å². The third kappa shape index (κ3) is 6.96. The zero-order valence-electron chi connectivity index (χ0n) is 16.4. The topological polar surface area (TPSA) is 32.3 Å². The molecule has 0 saturated carbocycles. The molecule has 0 unspecified atom stereocenters. The number of hydrogen-bond acceptors (Lipinski definition) is 3. The van der Waals surface area contributed by atoms with Crippen molar-refractivity contribution in [3.8, 4) is 0 Å². The predicted octanol–water partition coefficient (Wildman–Crippen LogP) is 4.79. The molecule has 0 amide bonds. The molecule has 0 aromatic heterocycles. The molecule has 2 atom stereocenters. The first kappa shape index (κ1) is 20.8. The Morgan fingerprint density at radius 2 is 2.08 bits per heavy atom. The second-order valence-electron chi connectivity index (χ2n) is 7.82. The predicted molar refractivity (Wildman–Crippen MR) is 112 cm³/mol. The fraction of sp³-hybridized carbons (Fsp3) is 0.727. The standard InChI is InChI=1S/C22H37NOS/c1-17(2)25-13-11-18-7-8-20-15-21(10-9-19(20)14-18)22(16-23-3)6-4-5-12-24/h9-10,15,17-18,22-24H,4-8,11-14,16H2,1-3H3/t18-,22+/m1/s1. The van der Waals surface area contributed by atoms with Crippen molar-refractivity contribution >= 4 is 11.8 Å². The van der Waals surface area contributed by atoms with Gasteiger partial charge in [0.2, 0.25) is 0 Å². The van der Waals surface area contributed by atoms with E-state index in [1.165, 1.54) is 37.0 Å². The Morgan fingerprint density at radius 1 is 1.24 bits per heavy atom. The lowest BCUT2D eigenvalue weighted by molar-refractivity contribution is 0.281. The molecule has 1 aliphatic carbocycles. The molecule has 0 saturated heterocycles. The molecule has 2 N–H and O–H groups in total. The maximum Gasteiger partial charge on any atom is 0.0431 e. The molecule has 0 heterocycles. The van der Waals surface area contributed by atoms with Crippen LogP contribution in [-0.4, -0.2) is 36.3 Å². The largest absolute Gasteiger partial charge is 0.396 e. The quantitative estimate of drug-likeness (QED) is 0.555. The summed E-state index contributed by atoms with van der Waals surface area (Å²) in [6, 6.07) is 7.25. The van der Waals surface area contributed by atoms with Gasteiger partial charge in [0.25, 0.3) is 0 Å². The highest BCUT2D eigenvalue weighted by Crippen LogP contribution is 2.32. The van der Waals surface area contributed by atoms with Crippen LogP contribution in [-0.2, 0) is 12.8 Å². The van der Waals surface area contributed by atoms with E-state index in [2.05, 4.69) is 49.1 Å². The molecule has 1 aliphatic rings. The first-order chi connectivity index (χ1) is 12.1. The van der Waals surface area contributed by atoms with Crippen LogP contribution in [0.3, 0.4) is 0 Å². The summed E-state index contributed by atoms with van der Waals surface area (Å²) in [5, 5.41) is 13.1. The fourth-order valence-corrected chi connectivity index (χ4v) is 4.90. The van der Waals surface area contributed by atoms with E-state index in [-0.39, 0.29) is 0 Å². The van der Waals surface area contributed by atoms with Crippen molar-refractivity contribution in [2.75, 3.05) is 26.0 Å². The van der Waals surface area contributed by atoms with Gasteiger partial charge in [-0.2, -0.15) is 11.8 Å². The molecule has 2 nitrogen and oxygen atoms in total. The lowest BCUT2D eigenvalue weighted by atomic mass is 9.80. The van der Waals surface area contributed by atoms with Crippen molar-refractivity contribution < 1.29 is 5.11 Å². The summed E-state index contributed by atoms with van der Waals surface area (Å²) < 4.78 is 0. The Hall–Kier alpha value is -0.510. The second-order valence-corrected chi connectivity index (χ2v) is 9.50. The van der Waals surface area contributed by atoms with Gasteiger partial charge in [-0.15, -0.1) is 0 Å². The van der Waals surface area contributed by atoms with E-state index in [1.54, 1.807) is 11.1 Å². The number of thioether (sulfide) groups is 1. The minimum atomic E-state index is 0.312. The van der Waals surface area contributed by atoms with Gasteiger partial charge in [0.05, 0.1) is 0 Å². The van der Waals surface area contributed by atoms with Crippen LogP contribution >= 0.6 is 11.8 Å². The van der Waals surface area contributed by atoms with Gasteiger partial charge < -0.3 is 10.4 Å². The van der Waals surface area contributed by atoms with Crippen molar-refractivity contribution in [1.82, 2.24) is 5.32 Å². The fourth-order valence-electron chi connectivity index (χ4n) is 3.96. The Bertz CT molecular complexity index is 503. The van der Waals surface area contributed by atoms with Crippen molar-refractivity contribution in [2.24, 2.45) is 5.92 Å². The molecule has 0 spiro atoms. The molecule has 1 aromatic carbocycles. The van der Waals surface area contributed by atoms with E-state index in [1.807, 2.05) is 7.05 Å². The molecule has 0 radical (unpaired) electrons. The van der Waals surface area contributed by atoms with E-state index < -0.39 is 0 Å². The Kier molecular flexibility index (Phi) is 9.36. The normalized spacial score (nSPS) is 18.4. The lowest BCUT2D eigenvalue weighted by Crippen LogP contribution is -2.19. The van der Waals surface area contributed by atoms with Gasteiger partial charge in [0.15, 0.2) is 0 Å². The maximum atomic E-state index is 9.04. The maximum absolute atomic E-state index is 9.04. The summed E-state index contributed by atoms with van der Waals surface area (Å²) in [7, 11) is 2.04. The van der Waals surface area contributed by atoms with Gasteiger partial charge in [-0.3, -0.25) is 0 Å². The van der Waals surface area contributed by atoms with Crippen LogP contribution in [0.4, 0.5) is 0 Å². The van der Waals surface area contributed by atoms with Crippen LogP contribution in [0.25, 0.3) is 0 Å². The highest BCUT2D eigenvalue weighted by atomic mass is 32.2. The van der Waals surface area contributed by atoms with Crippen LogP contribution in [0.1, 0.15) is 68.6 Å². The molecular formula is C22H37NOS. The highest BCUT2D eigenvalue weighted by molar-refractivity contribution is 7.99. The Morgan fingerprint density at radius 3 is 2.80 bits per heavy atom. The highest BCUT2D eigenvalue weighted by Gasteiger charge is 2.20. The van der Waals surface area contributed by atoms with E-state index in [0.717, 1.165) is 37.0 Å².